The molecule has 0 aliphatic carbocycles. The van der Waals surface area contributed by atoms with Crippen molar-refractivity contribution in [2.75, 3.05) is 5.32 Å². The number of thioether (sulfide) groups is 1. The highest BCUT2D eigenvalue weighted by Crippen LogP contribution is 2.29. The van der Waals surface area contributed by atoms with Gasteiger partial charge in [0.1, 0.15) is 5.82 Å². The van der Waals surface area contributed by atoms with Crippen molar-refractivity contribution in [3.05, 3.63) is 30.5 Å². The lowest BCUT2D eigenvalue weighted by molar-refractivity contribution is -0.115. The number of primary sulfonamides is 1. The van der Waals surface area contributed by atoms with Gasteiger partial charge in [0.25, 0.3) is 0 Å². The Bertz CT molecular complexity index is 1150. The van der Waals surface area contributed by atoms with Gasteiger partial charge >= 0.3 is 0 Å². The number of nitrogens with one attached hydrogen (secondary N) is 1. The Morgan fingerprint density at radius 2 is 2.00 bits per heavy atom. The van der Waals surface area contributed by atoms with Crippen LogP contribution in [0.25, 0.3) is 11.0 Å². The minimum atomic E-state index is -3.81. The zero-order chi connectivity index (χ0) is 21.3. The zero-order valence-electron chi connectivity index (χ0n) is 16.7. The molecule has 9 nitrogen and oxygen atoms in total. The number of aromatic nitrogens is 4. The van der Waals surface area contributed by atoms with E-state index in [1.54, 1.807) is 29.9 Å². The predicted molar refractivity (Wildman–Crippen MR) is 113 cm³/mol. The molecule has 2 heterocycles. The fourth-order valence-electron chi connectivity index (χ4n) is 2.92. The molecule has 156 valence electrons. The van der Waals surface area contributed by atoms with E-state index in [4.69, 9.17) is 5.14 Å². The van der Waals surface area contributed by atoms with E-state index in [9.17, 15) is 13.2 Å². The number of rotatable bonds is 7. The maximum absolute atomic E-state index is 12.7. The zero-order valence-corrected chi connectivity index (χ0v) is 18.3. The quantitative estimate of drug-likeness (QED) is 0.549. The van der Waals surface area contributed by atoms with Crippen molar-refractivity contribution in [2.24, 2.45) is 5.14 Å². The third kappa shape index (κ3) is 4.46. The first-order chi connectivity index (χ1) is 13.6. The third-order valence-corrected chi connectivity index (χ3v) is 6.39. The van der Waals surface area contributed by atoms with Crippen molar-refractivity contribution >= 4 is 44.5 Å². The number of anilines is 1. The van der Waals surface area contributed by atoms with Crippen LogP contribution >= 0.6 is 11.8 Å². The summed E-state index contributed by atoms with van der Waals surface area (Å²) >= 11 is 1.31. The van der Waals surface area contributed by atoms with Gasteiger partial charge in [0.2, 0.25) is 15.9 Å². The second-order valence-electron chi connectivity index (χ2n) is 6.84. The minimum absolute atomic E-state index is 0.00930. The molecule has 0 spiro atoms. The van der Waals surface area contributed by atoms with E-state index in [1.165, 1.54) is 23.9 Å². The molecule has 29 heavy (non-hydrogen) atoms. The Hall–Kier alpha value is -2.37. The van der Waals surface area contributed by atoms with Crippen molar-refractivity contribution in [1.29, 1.82) is 0 Å². The van der Waals surface area contributed by atoms with Crippen LogP contribution in [0.15, 0.2) is 40.5 Å². The number of nitrogens with zero attached hydrogens (tertiary/aromatic N) is 4. The van der Waals surface area contributed by atoms with E-state index < -0.39 is 15.3 Å². The number of nitrogens with two attached hydrogens (primary N) is 1. The van der Waals surface area contributed by atoms with Gasteiger partial charge in [0, 0.05) is 18.7 Å². The standard InChI is InChI=1S/C18H24N6O3S2/c1-5-23-15-7-6-13(29(19,26)27)10-14(15)21-18(23)28-12(4)17(25)22-16-8-9-20-24(16)11(2)3/h6-12H,5H2,1-4H3,(H,22,25)(H2,19,26,27)/t12-/m0/s1. The van der Waals surface area contributed by atoms with E-state index in [0.29, 0.717) is 23.0 Å². The fourth-order valence-corrected chi connectivity index (χ4v) is 4.45. The van der Waals surface area contributed by atoms with Crippen molar-refractivity contribution in [3.8, 4) is 0 Å². The summed E-state index contributed by atoms with van der Waals surface area (Å²) in [5.74, 6) is 0.469. The van der Waals surface area contributed by atoms with Crippen LogP contribution < -0.4 is 10.5 Å². The molecule has 0 radical (unpaired) electrons. The number of hydrogen-bond donors (Lipinski definition) is 2. The molecule has 0 aliphatic rings. The summed E-state index contributed by atoms with van der Waals surface area (Å²) in [5, 5.41) is 12.5. The maximum Gasteiger partial charge on any atom is 0.238 e. The smallest absolute Gasteiger partial charge is 0.238 e. The third-order valence-electron chi connectivity index (χ3n) is 4.39. The number of fused-ring (bicyclic) bond motifs is 1. The average Bonchev–Trinajstić information content (AvgIpc) is 3.23. The van der Waals surface area contributed by atoms with Gasteiger partial charge in [-0.3, -0.25) is 4.79 Å². The van der Waals surface area contributed by atoms with Crippen LogP contribution in [0, 0.1) is 0 Å². The molecule has 3 aromatic rings. The van der Waals surface area contributed by atoms with E-state index in [-0.39, 0.29) is 16.8 Å². The van der Waals surface area contributed by atoms with Gasteiger partial charge in [0.15, 0.2) is 5.16 Å². The molecular formula is C18H24N6O3S2. The van der Waals surface area contributed by atoms with Crippen LogP contribution in [0.4, 0.5) is 5.82 Å². The number of aryl methyl sites for hydroxylation is 1. The van der Waals surface area contributed by atoms with E-state index in [2.05, 4.69) is 15.4 Å². The molecule has 3 N–H and O–H groups in total. The summed E-state index contributed by atoms with van der Waals surface area (Å²) in [6.45, 7) is 8.36. The highest BCUT2D eigenvalue weighted by Gasteiger charge is 2.21. The molecule has 2 aromatic heterocycles. The van der Waals surface area contributed by atoms with Crippen LogP contribution in [0.3, 0.4) is 0 Å². The van der Waals surface area contributed by atoms with Gasteiger partial charge in [-0.1, -0.05) is 11.8 Å². The number of hydrogen-bond acceptors (Lipinski definition) is 6. The highest BCUT2D eigenvalue weighted by molar-refractivity contribution is 8.00. The normalized spacial score (nSPS) is 13.2. The second kappa shape index (κ2) is 8.17. The minimum Gasteiger partial charge on any atom is -0.319 e. The first-order valence-electron chi connectivity index (χ1n) is 9.16. The number of imidazole rings is 1. The summed E-state index contributed by atoms with van der Waals surface area (Å²) in [5.41, 5.74) is 1.30. The van der Waals surface area contributed by atoms with Gasteiger partial charge in [-0.25, -0.2) is 23.2 Å². The molecule has 1 aromatic carbocycles. The van der Waals surface area contributed by atoms with Crippen LogP contribution in [0.5, 0.6) is 0 Å². The number of carbonyl (C=O) groups is 1. The predicted octanol–water partition coefficient (Wildman–Crippen LogP) is 2.60. The average molecular weight is 437 g/mol. The van der Waals surface area contributed by atoms with Gasteiger partial charge < -0.3 is 9.88 Å². The first kappa shape index (κ1) is 21.3. The number of sulfonamides is 1. The van der Waals surface area contributed by atoms with Gasteiger partial charge in [-0.05, 0) is 45.9 Å². The lowest BCUT2D eigenvalue weighted by Crippen LogP contribution is -2.25. The largest absolute Gasteiger partial charge is 0.319 e. The number of amides is 1. The molecule has 0 fully saturated rings. The lowest BCUT2D eigenvalue weighted by atomic mass is 10.3. The van der Waals surface area contributed by atoms with Crippen LogP contribution in [0.1, 0.15) is 33.7 Å². The number of carbonyl (C=O) groups excluding carboxylic acids is 1. The van der Waals surface area contributed by atoms with Gasteiger partial charge in [-0.2, -0.15) is 5.10 Å². The van der Waals surface area contributed by atoms with Crippen LogP contribution in [-0.4, -0.2) is 38.9 Å². The van der Waals surface area contributed by atoms with Crippen molar-refractivity contribution in [3.63, 3.8) is 0 Å². The fraction of sp³-hybridized carbons (Fsp3) is 0.389. The molecule has 3 rings (SSSR count). The molecule has 0 saturated carbocycles. The van der Waals surface area contributed by atoms with Gasteiger partial charge in [-0.15, -0.1) is 0 Å². The molecule has 0 unspecified atom stereocenters. The SMILES string of the molecule is CCn1c(S[C@@H](C)C(=O)Nc2ccnn2C(C)C)nc2cc(S(N)(=O)=O)ccc21. The van der Waals surface area contributed by atoms with Crippen molar-refractivity contribution in [1.82, 2.24) is 19.3 Å². The molecule has 0 saturated heterocycles. The molecule has 0 aliphatic heterocycles. The van der Waals surface area contributed by atoms with E-state index in [0.717, 1.165) is 5.52 Å². The molecular weight excluding hydrogens is 412 g/mol. The molecule has 1 amide bonds. The molecule has 0 bridgehead atoms. The summed E-state index contributed by atoms with van der Waals surface area (Å²) in [6.07, 6.45) is 1.65. The lowest BCUT2D eigenvalue weighted by Gasteiger charge is -2.15. The van der Waals surface area contributed by atoms with Crippen molar-refractivity contribution < 1.29 is 13.2 Å². The highest BCUT2D eigenvalue weighted by atomic mass is 32.2. The Morgan fingerprint density at radius 1 is 1.28 bits per heavy atom. The van der Waals surface area contributed by atoms with E-state index >= 15 is 0 Å². The van der Waals surface area contributed by atoms with Crippen LogP contribution in [0.2, 0.25) is 0 Å². The molecule has 11 heteroatoms. The Balaban J connectivity index is 1.84. The maximum atomic E-state index is 12.7. The Morgan fingerprint density at radius 3 is 2.62 bits per heavy atom. The monoisotopic (exact) mass is 436 g/mol. The summed E-state index contributed by atoms with van der Waals surface area (Å²) in [7, 11) is -3.81. The van der Waals surface area contributed by atoms with Crippen molar-refractivity contribution in [2.45, 2.75) is 55.6 Å². The summed E-state index contributed by atoms with van der Waals surface area (Å²) in [4.78, 5) is 17.2. The molecule has 1 atom stereocenters. The number of benzene rings is 1. The summed E-state index contributed by atoms with van der Waals surface area (Å²) in [6, 6.07) is 6.48. The first-order valence-corrected chi connectivity index (χ1v) is 11.6. The second-order valence-corrected chi connectivity index (χ2v) is 9.71. The Kier molecular flexibility index (Phi) is 6.01. The Labute approximate surface area is 173 Å². The summed E-state index contributed by atoms with van der Waals surface area (Å²) < 4.78 is 26.9. The van der Waals surface area contributed by atoms with Gasteiger partial charge in [0.05, 0.1) is 27.4 Å². The van der Waals surface area contributed by atoms with E-state index in [1.807, 2.05) is 25.3 Å². The topological polar surface area (TPSA) is 125 Å². The van der Waals surface area contributed by atoms with Crippen LogP contribution in [-0.2, 0) is 21.4 Å².